The van der Waals surface area contributed by atoms with E-state index in [1.54, 1.807) is 16.2 Å². The lowest BCUT2D eigenvalue weighted by atomic mass is 10.2. The van der Waals surface area contributed by atoms with E-state index in [4.69, 9.17) is 5.73 Å². The molecule has 0 aliphatic carbocycles. The minimum atomic E-state index is -0.0356. The molecule has 1 aromatic heterocycles. The van der Waals surface area contributed by atoms with Gasteiger partial charge in [-0.15, -0.1) is 0 Å². The summed E-state index contributed by atoms with van der Waals surface area (Å²) in [6.07, 6.45) is 1.41. The van der Waals surface area contributed by atoms with Crippen molar-refractivity contribution >= 4 is 22.4 Å². The zero-order valence-corrected chi connectivity index (χ0v) is 9.72. The van der Waals surface area contributed by atoms with Crippen LogP contribution in [0.5, 0.6) is 0 Å². The Morgan fingerprint density at radius 3 is 3.12 bits per heavy atom. The minimum Gasteiger partial charge on any atom is -0.326 e. The van der Waals surface area contributed by atoms with Crippen molar-refractivity contribution in [2.24, 2.45) is 5.73 Å². The summed E-state index contributed by atoms with van der Waals surface area (Å²) in [6.45, 7) is 2.46. The number of thiazole rings is 1. The fourth-order valence-corrected chi connectivity index (χ4v) is 3.25. The molecule has 1 unspecified atom stereocenters. The topological polar surface area (TPSA) is 71.2 Å². The molecule has 5 nitrogen and oxygen atoms in total. The van der Waals surface area contributed by atoms with Crippen molar-refractivity contribution in [2.45, 2.75) is 25.4 Å². The van der Waals surface area contributed by atoms with Gasteiger partial charge in [0, 0.05) is 43.4 Å². The Kier molecular flexibility index (Phi) is 2.42. The lowest BCUT2D eigenvalue weighted by Gasteiger charge is -2.10. The van der Waals surface area contributed by atoms with Crippen molar-refractivity contribution in [1.29, 1.82) is 0 Å². The van der Waals surface area contributed by atoms with E-state index in [0.29, 0.717) is 13.0 Å². The average molecular weight is 238 g/mol. The number of nitrogens with two attached hydrogens (primary N) is 1. The lowest BCUT2D eigenvalue weighted by molar-refractivity contribution is -0.117. The fraction of sp³-hybridized carbons (Fsp3) is 0.600. The zero-order valence-electron chi connectivity index (χ0n) is 8.90. The summed E-state index contributed by atoms with van der Waals surface area (Å²) < 4.78 is 0. The Morgan fingerprint density at radius 2 is 2.44 bits per heavy atom. The highest BCUT2D eigenvalue weighted by Gasteiger charge is 2.31. The first-order valence-corrected chi connectivity index (χ1v) is 6.31. The van der Waals surface area contributed by atoms with Gasteiger partial charge in [0.1, 0.15) is 0 Å². The van der Waals surface area contributed by atoms with Crippen LogP contribution in [-0.4, -0.2) is 30.0 Å². The summed E-state index contributed by atoms with van der Waals surface area (Å²) in [4.78, 5) is 19.2. The number of hydrogen-bond donors (Lipinski definition) is 2. The maximum absolute atomic E-state index is 11.7. The van der Waals surface area contributed by atoms with Crippen molar-refractivity contribution in [3.63, 3.8) is 0 Å². The van der Waals surface area contributed by atoms with Crippen LogP contribution < -0.4 is 16.0 Å². The van der Waals surface area contributed by atoms with Crippen LogP contribution in [0.2, 0.25) is 0 Å². The summed E-state index contributed by atoms with van der Waals surface area (Å²) >= 11 is 1.61. The van der Waals surface area contributed by atoms with E-state index in [9.17, 15) is 4.79 Å². The average Bonchev–Trinajstić information content (AvgIpc) is 2.81. The number of carbonyl (C=O) groups is 1. The van der Waals surface area contributed by atoms with Gasteiger partial charge in [-0.25, -0.2) is 4.98 Å². The van der Waals surface area contributed by atoms with Gasteiger partial charge in [-0.3, -0.25) is 9.69 Å². The normalized spacial score (nSPS) is 24.9. The van der Waals surface area contributed by atoms with E-state index in [1.807, 2.05) is 0 Å². The molecule has 3 N–H and O–H groups in total. The van der Waals surface area contributed by atoms with Crippen LogP contribution in [0.1, 0.15) is 17.0 Å². The molecule has 86 valence electrons. The Morgan fingerprint density at radius 1 is 1.56 bits per heavy atom. The molecule has 1 aromatic rings. The van der Waals surface area contributed by atoms with Gasteiger partial charge in [0.2, 0.25) is 5.91 Å². The van der Waals surface area contributed by atoms with Crippen LogP contribution in [0.4, 0.5) is 5.13 Å². The Labute approximate surface area is 97.6 Å². The standard InChI is InChI=1S/C10H14N4OS/c11-6-3-9(15)14(5-6)10-13-7-1-2-12-4-8(7)16-10/h6,12H,1-5,11H2. The van der Waals surface area contributed by atoms with Crippen molar-refractivity contribution in [3.8, 4) is 0 Å². The molecule has 0 bridgehead atoms. The second-order valence-corrected chi connectivity index (χ2v) is 5.32. The summed E-state index contributed by atoms with van der Waals surface area (Å²) in [5.41, 5.74) is 6.92. The third kappa shape index (κ3) is 1.63. The van der Waals surface area contributed by atoms with Gasteiger partial charge in [0.05, 0.1) is 5.69 Å². The van der Waals surface area contributed by atoms with Gasteiger partial charge < -0.3 is 11.1 Å². The van der Waals surface area contributed by atoms with Crippen LogP contribution in [0.15, 0.2) is 0 Å². The molecule has 1 amide bonds. The van der Waals surface area contributed by atoms with E-state index in [1.165, 1.54) is 4.88 Å². The fourth-order valence-electron chi connectivity index (χ4n) is 2.15. The maximum Gasteiger partial charge on any atom is 0.230 e. The van der Waals surface area contributed by atoms with Crippen LogP contribution in [-0.2, 0) is 17.8 Å². The number of rotatable bonds is 1. The number of nitrogens with one attached hydrogen (secondary N) is 1. The predicted molar refractivity (Wildman–Crippen MR) is 62.5 cm³/mol. The van der Waals surface area contributed by atoms with Crippen LogP contribution in [0, 0.1) is 0 Å². The first kappa shape index (κ1) is 10.2. The molecule has 3 heterocycles. The first-order valence-electron chi connectivity index (χ1n) is 5.49. The highest BCUT2D eigenvalue weighted by molar-refractivity contribution is 7.16. The second-order valence-electron chi connectivity index (χ2n) is 4.26. The molecule has 0 spiro atoms. The number of amides is 1. The van der Waals surface area contributed by atoms with Crippen molar-refractivity contribution < 1.29 is 4.79 Å². The van der Waals surface area contributed by atoms with E-state index < -0.39 is 0 Å². The van der Waals surface area contributed by atoms with Crippen molar-refractivity contribution in [2.75, 3.05) is 18.0 Å². The molecule has 6 heteroatoms. The van der Waals surface area contributed by atoms with E-state index in [0.717, 1.165) is 30.3 Å². The molecule has 2 aliphatic heterocycles. The number of anilines is 1. The van der Waals surface area contributed by atoms with Gasteiger partial charge in [-0.2, -0.15) is 0 Å². The van der Waals surface area contributed by atoms with Gasteiger partial charge in [0.25, 0.3) is 0 Å². The molecule has 0 radical (unpaired) electrons. The molecule has 3 rings (SSSR count). The summed E-state index contributed by atoms with van der Waals surface area (Å²) in [6, 6.07) is -0.0356. The summed E-state index contributed by atoms with van der Waals surface area (Å²) in [5, 5.41) is 4.13. The van der Waals surface area contributed by atoms with Gasteiger partial charge in [-0.1, -0.05) is 11.3 Å². The van der Waals surface area contributed by atoms with E-state index in [-0.39, 0.29) is 11.9 Å². The largest absolute Gasteiger partial charge is 0.326 e. The van der Waals surface area contributed by atoms with Crippen LogP contribution in [0.25, 0.3) is 0 Å². The quantitative estimate of drug-likeness (QED) is 0.714. The Balaban J connectivity index is 1.89. The highest BCUT2D eigenvalue weighted by atomic mass is 32.1. The monoisotopic (exact) mass is 238 g/mol. The second kappa shape index (κ2) is 3.80. The Hall–Kier alpha value is -0.980. The molecule has 0 saturated carbocycles. The molecule has 1 atom stereocenters. The number of carbonyl (C=O) groups excluding carboxylic acids is 1. The van der Waals surface area contributed by atoms with E-state index in [2.05, 4.69) is 10.3 Å². The number of hydrogen-bond acceptors (Lipinski definition) is 5. The van der Waals surface area contributed by atoms with Gasteiger partial charge >= 0.3 is 0 Å². The predicted octanol–water partition coefficient (Wildman–Crippen LogP) is -0.147. The van der Waals surface area contributed by atoms with Crippen LogP contribution in [0.3, 0.4) is 0 Å². The molecule has 1 fully saturated rings. The Bertz CT molecular complexity index is 407. The zero-order chi connectivity index (χ0) is 11.1. The summed E-state index contributed by atoms with van der Waals surface area (Å²) in [5.74, 6) is 0.103. The third-order valence-corrected chi connectivity index (χ3v) is 4.10. The van der Waals surface area contributed by atoms with Gasteiger partial charge in [-0.05, 0) is 0 Å². The third-order valence-electron chi connectivity index (χ3n) is 2.98. The SMILES string of the molecule is NC1CC(=O)N(c2nc3c(s2)CNCC3)C1. The molecule has 1 saturated heterocycles. The van der Waals surface area contributed by atoms with Crippen molar-refractivity contribution in [1.82, 2.24) is 10.3 Å². The molecule has 0 aromatic carbocycles. The molecular weight excluding hydrogens is 224 g/mol. The molecular formula is C10H14N4OS. The highest BCUT2D eigenvalue weighted by Crippen LogP contribution is 2.30. The van der Waals surface area contributed by atoms with Crippen molar-refractivity contribution in [3.05, 3.63) is 10.6 Å². The smallest absolute Gasteiger partial charge is 0.230 e. The van der Waals surface area contributed by atoms with Crippen LogP contribution >= 0.6 is 11.3 Å². The van der Waals surface area contributed by atoms with Gasteiger partial charge in [0.15, 0.2) is 5.13 Å². The van der Waals surface area contributed by atoms with E-state index >= 15 is 0 Å². The lowest BCUT2D eigenvalue weighted by Crippen LogP contribution is -2.27. The molecule has 2 aliphatic rings. The first-order chi connectivity index (χ1) is 7.74. The number of aromatic nitrogens is 1. The number of fused-ring (bicyclic) bond motifs is 1. The molecule has 16 heavy (non-hydrogen) atoms. The maximum atomic E-state index is 11.7. The minimum absolute atomic E-state index is 0.0356. The number of nitrogens with zero attached hydrogens (tertiary/aromatic N) is 2. The summed E-state index contributed by atoms with van der Waals surface area (Å²) in [7, 11) is 0.